The summed E-state index contributed by atoms with van der Waals surface area (Å²) in [5.74, 6) is 0.659. The minimum absolute atomic E-state index is 0.642. The third-order valence-corrected chi connectivity index (χ3v) is 5.06. The molecule has 5 heterocycles. The van der Waals surface area contributed by atoms with Crippen molar-refractivity contribution >= 4 is 22.1 Å². The Morgan fingerprint density at radius 3 is 2.50 bits per heavy atom. The molecule has 6 rings (SSSR count). The van der Waals surface area contributed by atoms with Crippen LogP contribution in [0.4, 0.5) is 0 Å². The molecule has 0 saturated heterocycles. The third-order valence-electron chi connectivity index (χ3n) is 5.06. The first kappa shape index (κ1) is 16.5. The molecule has 0 aliphatic carbocycles. The Bertz CT molecular complexity index is 1490. The number of rotatable bonds is 3. The lowest BCUT2D eigenvalue weighted by Crippen LogP contribution is -1.84. The van der Waals surface area contributed by atoms with Gasteiger partial charge in [-0.25, -0.2) is 19.9 Å². The second kappa shape index (κ2) is 6.56. The summed E-state index contributed by atoms with van der Waals surface area (Å²) in [4.78, 5) is 24.9. The maximum Gasteiger partial charge on any atom is 0.178 e. The number of aromatic amines is 2. The van der Waals surface area contributed by atoms with E-state index in [0.717, 1.165) is 44.4 Å². The molecule has 0 bridgehead atoms. The van der Waals surface area contributed by atoms with Crippen molar-refractivity contribution in [1.82, 2.24) is 40.1 Å². The number of hydrogen-bond acceptors (Lipinski definition) is 6. The van der Waals surface area contributed by atoms with Crippen LogP contribution in [0.1, 0.15) is 0 Å². The molecular formula is C22H14N8. The summed E-state index contributed by atoms with van der Waals surface area (Å²) in [6.45, 7) is 0. The first-order valence-electron chi connectivity index (χ1n) is 9.36. The van der Waals surface area contributed by atoms with Gasteiger partial charge in [-0.15, -0.1) is 0 Å². The van der Waals surface area contributed by atoms with E-state index in [1.54, 1.807) is 31.0 Å². The van der Waals surface area contributed by atoms with Crippen molar-refractivity contribution in [2.75, 3.05) is 0 Å². The largest absolute Gasteiger partial charge is 0.335 e. The number of fused-ring (bicyclic) bond motifs is 2. The molecule has 0 spiro atoms. The first-order valence-corrected chi connectivity index (χ1v) is 9.36. The fourth-order valence-corrected chi connectivity index (χ4v) is 3.62. The Balaban J connectivity index is 1.52. The fraction of sp³-hybridized carbons (Fsp3) is 0. The number of aromatic nitrogens is 8. The Morgan fingerprint density at radius 1 is 0.767 bits per heavy atom. The molecule has 0 unspecified atom stereocenters. The quantitative estimate of drug-likeness (QED) is 0.472. The van der Waals surface area contributed by atoms with Gasteiger partial charge in [0.2, 0.25) is 0 Å². The van der Waals surface area contributed by atoms with Crippen LogP contribution in [0.25, 0.3) is 55.8 Å². The molecule has 2 N–H and O–H groups in total. The third kappa shape index (κ3) is 2.62. The predicted octanol–water partition coefficient (Wildman–Crippen LogP) is 4.02. The number of pyridine rings is 2. The standard InChI is InChI=1S/C22H14N8/c1-2-18-17(9-14(1)15-10-24-12-25-11-15)20(30-29-18)22-27-19-16(5-8-26-21(19)28-22)13-3-6-23-7-4-13/h1-12H,(H,29,30)(H,26,27,28). The van der Waals surface area contributed by atoms with Crippen molar-refractivity contribution in [2.24, 2.45) is 0 Å². The highest BCUT2D eigenvalue weighted by Crippen LogP contribution is 2.32. The van der Waals surface area contributed by atoms with E-state index in [1.165, 1.54) is 6.33 Å². The maximum atomic E-state index is 4.70. The van der Waals surface area contributed by atoms with Crippen molar-refractivity contribution in [2.45, 2.75) is 0 Å². The van der Waals surface area contributed by atoms with Gasteiger partial charge in [0.15, 0.2) is 11.5 Å². The van der Waals surface area contributed by atoms with Gasteiger partial charge in [0.1, 0.15) is 12.0 Å². The highest BCUT2D eigenvalue weighted by molar-refractivity contribution is 5.97. The van der Waals surface area contributed by atoms with E-state index in [1.807, 2.05) is 30.3 Å². The number of imidazole rings is 1. The van der Waals surface area contributed by atoms with Gasteiger partial charge in [-0.1, -0.05) is 6.07 Å². The molecule has 0 fully saturated rings. The van der Waals surface area contributed by atoms with Gasteiger partial charge in [0, 0.05) is 47.5 Å². The van der Waals surface area contributed by atoms with E-state index in [9.17, 15) is 0 Å². The van der Waals surface area contributed by atoms with Crippen LogP contribution in [-0.4, -0.2) is 40.1 Å². The normalized spacial score (nSPS) is 11.3. The second-order valence-corrected chi connectivity index (χ2v) is 6.84. The minimum Gasteiger partial charge on any atom is -0.335 e. The van der Waals surface area contributed by atoms with E-state index in [2.05, 4.69) is 41.2 Å². The number of hydrogen-bond donors (Lipinski definition) is 2. The molecule has 0 aliphatic rings. The van der Waals surface area contributed by atoms with Crippen LogP contribution in [0.3, 0.4) is 0 Å². The lowest BCUT2D eigenvalue weighted by molar-refractivity contribution is 1.10. The Morgan fingerprint density at radius 2 is 1.63 bits per heavy atom. The maximum absolute atomic E-state index is 4.70. The van der Waals surface area contributed by atoms with Crippen molar-refractivity contribution in [3.63, 3.8) is 0 Å². The lowest BCUT2D eigenvalue weighted by atomic mass is 10.1. The van der Waals surface area contributed by atoms with Crippen LogP contribution in [0, 0.1) is 0 Å². The molecule has 142 valence electrons. The average molecular weight is 390 g/mol. The van der Waals surface area contributed by atoms with E-state index in [0.29, 0.717) is 11.5 Å². The van der Waals surface area contributed by atoms with Crippen LogP contribution < -0.4 is 0 Å². The molecule has 30 heavy (non-hydrogen) atoms. The van der Waals surface area contributed by atoms with Gasteiger partial charge in [0.05, 0.1) is 11.0 Å². The SMILES string of the molecule is c1cc(-c2ccnc3nc(-c4n[nH]c5ccc(-c6cncnc6)cc45)[nH]c23)ccn1. The molecule has 0 aliphatic heterocycles. The number of benzene rings is 1. The van der Waals surface area contributed by atoms with E-state index in [4.69, 9.17) is 4.98 Å². The van der Waals surface area contributed by atoms with Gasteiger partial charge in [-0.05, 0) is 41.5 Å². The minimum atomic E-state index is 0.642. The smallest absolute Gasteiger partial charge is 0.178 e. The Hall–Kier alpha value is -4.46. The molecule has 8 heteroatoms. The Kier molecular flexibility index (Phi) is 3.60. The van der Waals surface area contributed by atoms with E-state index in [-0.39, 0.29) is 0 Å². The zero-order chi connectivity index (χ0) is 19.9. The van der Waals surface area contributed by atoms with Gasteiger partial charge < -0.3 is 4.98 Å². The topological polar surface area (TPSA) is 109 Å². The van der Waals surface area contributed by atoms with Gasteiger partial charge in [0.25, 0.3) is 0 Å². The molecule has 6 aromatic rings. The molecule has 0 atom stereocenters. The predicted molar refractivity (Wildman–Crippen MR) is 113 cm³/mol. The second-order valence-electron chi connectivity index (χ2n) is 6.84. The molecule has 0 amide bonds. The van der Waals surface area contributed by atoms with Gasteiger partial charge >= 0.3 is 0 Å². The Labute approximate surface area is 170 Å². The number of H-pyrrole nitrogens is 2. The highest BCUT2D eigenvalue weighted by Gasteiger charge is 2.16. The first-order chi connectivity index (χ1) is 14.9. The summed E-state index contributed by atoms with van der Waals surface area (Å²) < 4.78 is 0. The molecule has 5 aromatic heterocycles. The summed E-state index contributed by atoms with van der Waals surface area (Å²) in [5, 5.41) is 8.56. The molecular weight excluding hydrogens is 376 g/mol. The number of nitrogens with zero attached hydrogens (tertiary/aromatic N) is 6. The monoisotopic (exact) mass is 390 g/mol. The summed E-state index contributed by atoms with van der Waals surface area (Å²) in [7, 11) is 0. The molecule has 8 nitrogen and oxygen atoms in total. The van der Waals surface area contributed by atoms with Crippen LogP contribution in [-0.2, 0) is 0 Å². The van der Waals surface area contributed by atoms with Gasteiger partial charge in [-0.3, -0.25) is 10.1 Å². The summed E-state index contributed by atoms with van der Waals surface area (Å²) in [5.41, 5.74) is 7.19. The van der Waals surface area contributed by atoms with Gasteiger partial charge in [-0.2, -0.15) is 5.10 Å². The average Bonchev–Trinajstić information content (AvgIpc) is 3.43. The van der Waals surface area contributed by atoms with Crippen LogP contribution in [0.15, 0.2) is 73.7 Å². The highest BCUT2D eigenvalue weighted by atomic mass is 15.1. The van der Waals surface area contributed by atoms with Crippen LogP contribution in [0.5, 0.6) is 0 Å². The van der Waals surface area contributed by atoms with E-state index >= 15 is 0 Å². The van der Waals surface area contributed by atoms with Crippen LogP contribution in [0.2, 0.25) is 0 Å². The van der Waals surface area contributed by atoms with Crippen molar-refractivity contribution in [3.8, 4) is 33.8 Å². The fourth-order valence-electron chi connectivity index (χ4n) is 3.62. The molecule has 0 saturated carbocycles. The van der Waals surface area contributed by atoms with Crippen molar-refractivity contribution in [3.05, 3.63) is 73.7 Å². The summed E-state index contributed by atoms with van der Waals surface area (Å²) in [6, 6.07) is 12.0. The zero-order valence-electron chi connectivity index (χ0n) is 15.6. The molecule has 0 radical (unpaired) electrons. The number of nitrogens with one attached hydrogen (secondary N) is 2. The van der Waals surface area contributed by atoms with Crippen molar-refractivity contribution in [1.29, 1.82) is 0 Å². The van der Waals surface area contributed by atoms with E-state index < -0.39 is 0 Å². The summed E-state index contributed by atoms with van der Waals surface area (Å²) in [6.07, 6.45) is 10.4. The zero-order valence-corrected chi connectivity index (χ0v) is 15.6. The van der Waals surface area contributed by atoms with Crippen LogP contribution >= 0.6 is 0 Å². The molecule has 1 aromatic carbocycles. The lowest BCUT2D eigenvalue weighted by Gasteiger charge is -2.01. The summed E-state index contributed by atoms with van der Waals surface area (Å²) >= 11 is 0. The van der Waals surface area contributed by atoms with Crippen molar-refractivity contribution < 1.29 is 0 Å².